The van der Waals surface area contributed by atoms with E-state index in [1.54, 1.807) is 12.4 Å². The molecule has 2 aromatic heterocycles. The van der Waals surface area contributed by atoms with Crippen molar-refractivity contribution >= 4 is 33.3 Å². The Bertz CT molecular complexity index is 1570. The van der Waals surface area contributed by atoms with Crippen LogP contribution in [0.3, 0.4) is 0 Å². The first-order chi connectivity index (χ1) is 19.4. The van der Waals surface area contributed by atoms with E-state index in [1.165, 1.54) is 24.6 Å². The Hall–Kier alpha value is -3.55. The van der Waals surface area contributed by atoms with Gasteiger partial charge in [-0.2, -0.15) is 0 Å². The molecule has 5 rings (SSSR count). The molecule has 4 atom stereocenters. The zero-order chi connectivity index (χ0) is 29.5. The number of hydrogen-bond acceptors (Lipinski definition) is 8. The van der Waals surface area contributed by atoms with E-state index in [0.29, 0.717) is 30.2 Å². The minimum Gasteiger partial charge on any atom is -0.374 e. The molecule has 218 valence electrons. The van der Waals surface area contributed by atoms with Crippen molar-refractivity contribution in [1.82, 2.24) is 15.0 Å². The van der Waals surface area contributed by atoms with Gasteiger partial charge >= 0.3 is 0 Å². The van der Waals surface area contributed by atoms with Gasteiger partial charge in [0.05, 0.1) is 53.5 Å². The molecular weight excluding hydrogens is 557 g/mol. The van der Waals surface area contributed by atoms with Gasteiger partial charge in [-0.3, -0.25) is 4.98 Å². The van der Waals surface area contributed by atoms with Crippen LogP contribution in [-0.2, 0) is 20.2 Å². The first-order valence-electron chi connectivity index (χ1n) is 13.1. The highest BCUT2D eigenvalue weighted by molar-refractivity contribution is 7.91. The number of allylic oxidation sites excluding steroid dienone is 1. The molecule has 2 aliphatic rings. The van der Waals surface area contributed by atoms with E-state index in [0.717, 1.165) is 17.7 Å². The molecule has 13 heteroatoms. The molecular formula is C28H31F3N6O3S. The number of nitrogens with zero attached hydrogens (tertiary/aromatic N) is 2. The van der Waals surface area contributed by atoms with Crippen LogP contribution >= 0.6 is 0 Å². The van der Waals surface area contributed by atoms with Gasteiger partial charge in [0.1, 0.15) is 11.6 Å². The number of aromatic nitrogens is 3. The highest BCUT2D eigenvalue weighted by atomic mass is 32.2. The number of aromatic amines is 1. The summed E-state index contributed by atoms with van der Waals surface area (Å²) in [6.45, 7) is 1.37. The number of benzene rings is 1. The van der Waals surface area contributed by atoms with Gasteiger partial charge in [-0.05, 0) is 66.2 Å². The second-order valence-electron chi connectivity index (χ2n) is 10.9. The number of nitrogens with one attached hydrogen (secondary N) is 3. The predicted octanol–water partition coefficient (Wildman–Crippen LogP) is 4.36. The van der Waals surface area contributed by atoms with Gasteiger partial charge in [0.25, 0.3) is 0 Å². The van der Waals surface area contributed by atoms with Crippen molar-refractivity contribution in [3.8, 4) is 0 Å². The lowest BCUT2D eigenvalue weighted by Crippen LogP contribution is -2.48. The molecule has 5 N–H and O–H groups in total. The monoisotopic (exact) mass is 588 g/mol. The molecule has 9 nitrogen and oxygen atoms in total. The largest absolute Gasteiger partial charge is 0.374 e. The molecule has 0 radical (unpaired) electrons. The second kappa shape index (κ2) is 11.0. The summed E-state index contributed by atoms with van der Waals surface area (Å²) in [4.78, 5) is 11.5. The number of anilines is 2. The van der Waals surface area contributed by atoms with Crippen LogP contribution in [0.4, 0.5) is 24.8 Å². The number of nitrogens with two attached hydrogens (primary N) is 1. The maximum Gasteiger partial charge on any atom is 0.205 e. The number of rotatable bonds is 8. The Morgan fingerprint density at radius 1 is 1.24 bits per heavy atom. The Morgan fingerprint density at radius 3 is 2.56 bits per heavy atom. The minimum atomic E-state index is -3.28. The first-order valence-corrected chi connectivity index (χ1v) is 15.0. The van der Waals surface area contributed by atoms with Crippen LogP contribution < -0.4 is 11.1 Å². The molecule has 0 spiro atoms. The molecule has 1 saturated carbocycles. The summed E-state index contributed by atoms with van der Waals surface area (Å²) < 4.78 is 73.1. The Morgan fingerprint density at radius 2 is 1.95 bits per heavy atom. The van der Waals surface area contributed by atoms with Crippen LogP contribution in [0.25, 0.3) is 6.08 Å². The van der Waals surface area contributed by atoms with Crippen LogP contribution in [0.5, 0.6) is 0 Å². The molecule has 41 heavy (non-hydrogen) atoms. The van der Waals surface area contributed by atoms with E-state index in [9.17, 15) is 21.6 Å². The van der Waals surface area contributed by atoms with Crippen molar-refractivity contribution in [2.45, 2.75) is 42.6 Å². The molecule has 1 saturated heterocycles. The number of halogens is 3. The molecule has 0 amide bonds. The average Bonchev–Trinajstić information content (AvgIpc) is 3.32. The van der Waals surface area contributed by atoms with Gasteiger partial charge in [-0.25, -0.2) is 26.6 Å². The van der Waals surface area contributed by atoms with Crippen LogP contribution in [0, 0.1) is 23.0 Å². The van der Waals surface area contributed by atoms with Gasteiger partial charge < -0.3 is 26.2 Å². The number of pyridine rings is 1. The van der Waals surface area contributed by atoms with E-state index in [4.69, 9.17) is 15.9 Å². The topological polar surface area (TPSA) is 147 Å². The summed E-state index contributed by atoms with van der Waals surface area (Å²) in [5.74, 6) is -1.81. The summed E-state index contributed by atoms with van der Waals surface area (Å²) in [5, 5.41) is 10.8. The lowest BCUT2D eigenvalue weighted by molar-refractivity contribution is -0.135. The van der Waals surface area contributed by atoms with Crippen LogP contribution in [0.2, 0.25) is 0 Å². The van der Waals surface area contributed by atoms with Gasteiger partial charge in [0.15, 0.2) is 15.5 Å². The van der Waals surface area contributed by atoms with E-state index in [1.807, 2.05) is 13.0 Å². The third kappa shape index (κ3) is 5.92. The van der Waals surface area contributed by atoms with E-state index in [-0.39, 0.29) is 30.6 Å². The van der Waals surface area contributed by atoms with Gasteiger partial charge in [0.2, 0.25) is 5.95 Å². The summed E-state index contributed by atoms with van der Waals surface area (Å²) in [5.41, 5.74) is 5.31. The fourth-order valence-electron chi connectivity index (χ4n) is 5.83. The maximum absolute atomic E-state index is 14.6. The fraction of sp³-hybridized carbons (Fsp3) is 0.393. The number of hydrogen-bond donors (Lipinski definition) is 4. The maximum atomic E-state index is 14.6. The molecule has 1 aliphatic carbocycles. The molecule has 1 aromatic carbocycles. The van der Waals surface area contributed by atoms with E-state index in [2.05, 4.69) is 20.3 Å². The number of H-pyrrole nitrogens is 1. The zero-order valence-corrected chi connectivity index (χ0v) is 23.3. The summed E-state index contributed by atoms with van der Waals surface area (Å²) >= 11 is 0. The number of alkyl halides is 1. The van der Waals surface area contributed by atoms with Crippen LogP contribution in [0.15, 0.2) is 42.9 Å². The Kier molecular flexibility index (Phi) is 7.79. The smallest absolute Gasteiger partial charge is 0.205 e. The van der Waals surface area contributed by atoms with Crippen molar-refractivity contribution in [3.63, 3.8) is 0 Å². The molecule has 2 fully saturated rings. The quantitative estimate of drug-likeness (QED) is 0.286. The Balaban J connectivity index is 1.29. The number of imidazole rings is 1. The normalized spacial score (nSPS) is 24.2. The molecule has 3 heterocycles. The summed E-state index contributed by atoms with van der Waals surface area (Å²) in [7, 11) is -3.28. The molecule has 0 bridgehead atoms. The lowest BCUT2D eigenvalue weighted by Gasteiger charge is -2.38. The van der Waals surface area contributed by atoms with Crippen molar-refractivity contribution in [2.75, 3.05) is 24.8 Å². The van der Waals surface area contributed by atoms with Crippen LogP contribution in [-0.4, -0.2) is 59.8 Å². The summed E-state index contributed by atoms with van der Waals surface area (Å²) in [6.07, 6.45) is 9.84. The highest BCUT2D eigenvalue weighted by Gasteiger charge is 2.42. The third-order valence-corrected chi connectivity index (χ3v) is 9.56. The van der Waals surface area contributed by atoms with Crippen molar-refractivity contribution < 1.29 is 26.3 Å². The third-order valence-electron chi connectivity index (χ3n) is 7.75. The highest BCUT2D eigenvalue weighted by Crippen LogP contribution is 2.41. The minimum absolute atomic E-state index is 0.0126. The van der Waals surface area contributed by atoms with Crippen molar-refractivity contribution in [1.29, 1.82) is 5.41 Å². The fourth-order valence-corrected chi connectivity index (χ4v) is 7.53. The van der Waals surface area contributed by atoms with E-state index >= 15 is 0 Å². The van der Waals surface area contributed by atoms with Crippen molar-refractivity contribution in [2.24, 2.45) is 11.7 Å². The molecule has 3 aromatic rings. The van der Waals surface area contributed by atoms with Gasteiger partial charge in [0, 0.05) is 18.5 Å². The van der Waals surface area contributed by atoms with Gasteiger partial charge in [-0.15, -0.1) is 0 Å². The predicted molar refractivity (Wildman–Crippen MR) is 150 cm³/mol. The van der Waals surface area contributed by atoms with Gasteiger partial charge in [-0.1, -0.05) is 6.92 Å². The summed E-state index contributed by atoms with van der Waals surface area (Å²) in [6, 6.07) is 3.17. The van der Waals surface area contributed by atoms with Crippen LogP contribution in [0.1, 0.15) is 48.1 Å². The number of sulfone groups is 1. The Labute approximate surface area is 235 Å². The molecule has 0 unspecified atom stereocenters. The number of ether oxygens (including phenoxy) is 1. The molecule has 1 aliphatic heterocycles. The lowest BCUT2D eigenvalue weighted by atomic mass is 9.76. The first kappa shape index (κ1) is 29.0. The van der Waals surface area contributed by atoms with E-state index < -0.39 is 49.7 Å². The standard InChI is InChI=1S/C28H31F3N6O3S/c1-15-7-16(8-23(33)26(15)41(2,38)39)19-5-6-34-12-24(19)37-27-35-11-18(36-27)3-4-22(32)25-20(29)9-17(10-21(25)30)28(31)13-40-14-28/h3-6,9-12,15-16,23,26,32H,7-8,13-14,33H2,1-2H3,(H2,35,36,37)/b4-3-,32-22?/t15-,16+,23+,26+/m0/s1. The van der Waals surface area contributed by atoms with Crippen molar-refractivity contribution in [3.05, 3.63) is 76.9 Å². The average molecular weight is 589 g/mol. The SMILES string of the molecule is C[C@H]1C[C@@H](c2ccncc2Nc2ncc(/C=C\C(=N)c3c(F)cc(C4(F)COC4)cc3F)[nH]2)C[C@@H](N)[C@@H]1S(C)(=O)=O. The zero-order valence-electron chi connectivity index (χ0n) is 22.5. The second-order valence-corrected chi connectivity index (χ2v) is 13.1.